The van der Waals surface area contributed by atoms with Gasteiger partial charge < -0.3 is 10.4 Å². The third-order valence-electron chi connectivity index (χ3n) is 2.97. The van der Waals surface area contributed by atoms with Crippen LogP contribution in [-0.4, -0.2) is 23.2 Å². The lowest BCUT2D eigenvalue weighted by molar-refractivity contribution is -0.164. The molecule has 1 atom stereocenters. The molecular weight excluding hydrogens is 325 g/mol. The Morgan fingerprint density at radius 2 is 1.61 bits per heavy atom. The monoisotopic (exact) mass is 339 g/mol. The number of alkyl halides is 3. The molecule has 0 heterocycles. The number of hydrogen-bond donors (Lipinski definition) is 2. The zero-order chi connectivity index (χ0) is 17.6. The topological polar surface area (TPSA) is 66.4 Å². The van der Waals surface area contributed by atoms with Crippen LogP contribution in [0.1, 0.15) is 37.3 Å². The molecule has 0 radical (unpaired) electrons. The minimum Gasteiger partial charge on any atom is -0.481 e. The highest BCUT2D eigenvalue weighted by Gasteiger charge is 2.44. The molecule has 0 aromatic heterocycles. The summed E-state index contributed by atoms with van der Waals surface area (Å²) in [6.45, 7) is 0. The molecule has 9 heteroatoms. The molecule has 0 aliphatic rings. The van der Waals surface area contributed by atoms with Crippen molar-refractivity contribution in [2.75, 3.05) is 0 Å². The highest BCUT2D eigenvalue weighted by molar-refractivity contribution is 5.76. The van der Waals surface area contributed by atoms with Crippen molar-refractivity contribution in [1.29, 1.82) is 0 Å². The molecule has 1 aromatic carbocycles. The number of unbranched alkanes of at least 4 members (excludes halogenated alkanes) is 1. The van der Waals surface area contributed by atoms with E-state index in [0.717, 1.165) is 6.07 Å². The molecule has 0 saturated heterocycles. The second-order valence-electron chi connectivity index (χ2n) is 4.78. The van der Waals surface area contributed by atoms with Gasteiger partial charge in [-0.2, -0.15) is 13.2 Å². The second-order valence-corrected chi connectivity index (χ2v) is 4.78. The van der Waals surface area contributed by atoms with Crippen LogP contribution in [0.25, 0.3) is 0 Å². The van der Waals surface area contributed by atoms with Crippen LogP contribution in [0.4, 0.5) is 22.0 Å². The van der Waals surface area contributed by atoms with Gasteiger partial charge in [-0.05, 0) is 25.0 Å². The number of benzene rings is 1. The lowest BCUT2D eigenvalue weighted by Crippen LogP contribution is -2.39. The van der Waals surface area contributed by atoms with Crippen molar-refractivity contribution in [3.05, 3.63) is 35.4 Å². The molecule has 0 spiro atoms. The van der Waals surface area contributed by atoms with Gasteiger partial charge in [0.25, 0.3) is 0 Å². The van der Waals surface area contributed by atoms with Crippen LogP contribution in [0.2, 0.25) is 0 Å². The van der Waals surface area contributed by atoms with E-state index in [4.69, 9.17) is 5.11 Å². The van der Waals surface area contributed by atoms with Crippen molar-refractivity contribution in [2.24, 2.45) is 0 Å². The van der Waals surface area contributed by atoms with Crippen LogP contribution in [0.3, 0.4) is 0 Å². The maximum Gasteiger partial charge on any atom is 0.413 e. The number of carbonyl (C=O) groups is 2. The fourth-order valence-electron chi connectivity index (χ4n) is 1.90. The first-order valence-electron chi connectivity index (χ1n) is 6.64. The van der Waals surface area contributed by atoms with E-state index in [0.29, 0.717) is 12.1 Å². The number of aliphatic carboxylic acids is 1. The quantitative estimate of drug-likeness (QED) is 0.591. The molecule has 2 N–H and O–H groups in total. The van der Waals surface area contributed by atoms with E-state index < -0.39 is 41.3 Å². The normalized spacial score (nSPS) is 12.7. The van der Waals surface area contributed by atoms with Gasteiger partial charge >= 0.3 is 12.1 Å². The predicted octanol–water partition coefficient (Wildman–Crippen LogP) is 3.33. The molecule has 0 bridgehead atoms. The summed E-state index contributed by atoms with van der Waals surface area (Å²) in [6, 6.07) is -0.572. The van der Waals surface area contributed by atoms with Crippen LogP contribution >= 0.6 is 0 Å². The summed E-state index contributed by atoms with van der Waals surface area (Å²) in [5, 5.41) is 9.96. The summed E-state index contributed by atoms with van der Waals surface area (Å²) in [4.78, 5) is 21.8. The van der Waals surface area contributed by atoms with Gasteiger partial charge in [0.2, 0.25) is 5.91 Å². The smallest absolute Gasteiger partial charge is 0.413 e. The highest BCUT2D eigenvalue weighted by Crippen LogP contribution is 2.35. The minimum absolute atomic E-state index is 0.0441. The van der Waals surface area contributed by atoms with E-state index in [1.54, 1.807) is 5.32 Å². The Labute approximate surface area is 128 Å². The van der Waals surface area contributed by atoms with Crippen molar-refractivity contribution >= 4 is 11.9 Å². The van der Waals surface area contributed by atoms with Crippen LogP contribution in [-0.2, 0) is 9.59 Å². The van der Waals surface area contributed by atoms with E-state index in [-0.39, 0.29) is 25.7 Å². The maximum absolute atomic E-state index is 13.5. The molecule has 1 amide bonds. The summed E-state index contributed by atoms with van der Waals surface area (Å²) in [5.41, 5.74) is -1.28. The molecule has 0 aliphatic carbocycles. The average molecular weight is 339 g/mol. The second kappa shape index (κ2) is 7.89. The lowest BCUT2D eigenvalue weighted by Gasteiger charge is -2.23. The average Bonchev–Trinajstić information content (AvgIpc) is 2.41. The van der Waals surface area contributed by atoms with Gasteiger partial charge in [0, 0.05) is 12.8 Å². The van der Waals surface area contributed by atoms with E-state index in [2.05, 4.69) is 0 Å². The molecule has 128 valence electrons. The largest absolute Gasteiger partial charge is 0.481 e. The third-order valence-corrected chi connectivity index (χ3v) is 2.97. The SMILES string of the molecule is O=C(O)CCCCC(=O)NC(c1c(F)cccc1F)C(F)(F)F. The number of carbonyl (C=O) groups excluding carboxylic acids is 1. The first kappa shape index (κ1) is 18.9. The zero-order valence-electron chi connectivity index (χ0n) is 11.8. The molecule has 4 nitrogen and oxygen atoms in total. The van der Waals surface area contributed by atoms with Crippen molar-refractivity contribution in [2.45, 2.75) is 37.9 Å². The summed E-state index contributed by atoms with van der Waals surface area (Å²) in [6.07, 6.45) is -5.54. The molecule has 0 fully saturated rings. The zero-order valence-corrected chi connectivity index (χ0v) is 11.8. The first-order valence-corrected chi connectivity index (χ1v) is 6.64. The third kappa shape index (κ3) is 5.84. The first-order chi connectivity index (χ1) is 10.6. The molecule has 0 saturated carbocycles. The van der Waals surface area contributed by atoms with Crippen molar-refractivity contribution in [1.82, 2.24) is 5.32 Å². The minimum atomic E-state index is -5.08. The summed E-state index contributed by atoms with van der Waals surface area (Å²) < 4.78 is 66.0. The van der Waals surface area contributed by atoms with Crippen LogP contribution in [0, 0.1) is 11.6 Å². The van der Waals surface area contributed by atoms with Crippen molar-refractivity contribution in [3.63, 3.8) is 0 Å². The summed E-state index contributed by atoms with van der Waals surface area (Å²) in [5.74, 6) is -5.00. The van der Waals surface area contributed by atoms with Crippen LogP contribution in [0.5, 0.6) is 0 Å². The number of halogens is 5. The van der Waals surface area contributed by atoms with Gasteiger partial charge in [0.05, 0.1) is 5.56 Å². The number of nitrogens with one attached hydrogen (secondary N) is 1. The van der Waals surface area contributed by atoms with Gasteiger partial charge in [-0.25, -0.2) is 8.78 Å². The van der Waals surface area contributed by atoms with Gasteiger partial charge in [-0.3, -0.25) is 9.59 Å². The molecule has 1 unspecified atom stereocenters. The van der Waals surface area contributed by atoms with Crippen LogP contribution < -0.4 is 5.32 Å². The number of rotatable bonds is 7. The molecule has 1 rings (SSSR count). The van der Waals surface area contributed by atoms with E-state index in [1.807, 2.05) is 0 Å². The predicted molar refractivity (Wildman–Crippen MR) is 69.4 cm³/mol. The summed E-state index contributed by atoms with van der Waals surface area (Å²) in [7, 11) is 0. The number of carboxylic acid groups (broad SMARTS) is 1. The standard InChI is InChI=1S/C14H14F5NO3/c15-8-4-3-5-9(16)12(8)13(14(17,18)19)20-10(21)6-1-2-7-11(22)23/h3-5,13H,1-2,6-7H2,(H,20,21)(H,22,23). The highest BCUT2D eigenvalue weighted by atomic mass is 19.4. The van der Waals surface area contributed by atoms with Gasteiger partial charge in [-0.15, -0.1) is 0 Å². The fourth-order valence-corrected chi connectivity index (χ4v) is 1.90. The molecule has 0 aliphatic heterocycles. The Balaban J connectivity index is 2.81. The number of hydrogen-bond acceptors (Lipinski definition) is 2. The van der Waals surface area contributed by atoms with Gasteiger partial charge in [0.15, 0.2) is 6.04 Å². The van der Waals surface area contributed by atoms with E-state index >= 15 is 0 Å². The lowest BCUT2D eigenvalue weighted by atomic mass is 10.0. The fraction of sp³-hybridized carbons (Fsp3) is 0.429. The van der Waals surface area contributed by atoms with Crippen molar-refractivity contribution in [3.8, 4) is 0 Å². The molecular formula is C14H14F5NO3. The molecule has 1 aromatic rings. The Kier molecular flexibility index (Phi) is 6.47. The number of carboxylic acids is 1. The van der Waals surface area contributed by atoms with E-state index in [1.165, 1.54) is 0 Å². The Bertz CT molecular complexity index is 554. The summed E-state index contributed by atoms with van der Waals surface area (Å²) >= 11 is 0. The van der Waals surface area contributed by atoms with Crippen molar-refractivity contribution < 1.29 is 36.6 Å². The van der Waals surface area contributed by atoms with Gasteiger partial charge in [-0.1, -0.05) is 6.07 Å². The Morgan fingerprint density at radius 3 is 2.09 bits per heavy atom. The van der Waals surface area contributed by atoms with Gasteiger partial charge in [0.1, 0.15) is 11.6 Å². The Hall–Kier alpha value is -2.19. The molecule has 23 heavy (non-hydrogen) atoms. The van der Waals surface area contributed by atoms with E-state index in [9.17, 15) is 31.5 Å². The maximum atomic E-state index is 13.5. The van der Waals surface area contributed by atoms with Crippen LogP contribution in [0.15, 0.2) is 18.2 Å². The number of amides is 1. The Morgan fingerprint density at radius 1 is 1.09 bits per heavy atom.